The number of hydrogen-bond acceptors (Lipinski definition) is 2. The van der Waals surface area contributed by atoms with Crippen LogP contribution in [0.4, 0.5) is 4.39 Å². The van der Waals surface area contributed by atoms with Crippen LogP contribution in [0.25, 0.3) is 0 Å². The minimum absolute atomic E-state index is 0.0882. The highest BCUT2D eigenvalue weighted by Crippen LogP contribution is 2.35. The molecule has 2 rings (SSSR count). The van der Waals surface area contributed by atoms with Crippen LogP contribution in [0, 0.1) is 11.7 Å². The summed E-state index contributed by atoms with van der Waals surface area (Å²) in [5.41, 5.74) is 6.67. The van der Waals surface area contributed by atoms with Crippen molar-refractivity contribution in [3.05, 3.63) is 34.1 Å². The van der Waals surface area contributed by atoms with E-state index in [9.17, 15) is 4.39 Å². The van der Waals surface area contributed by atoms with Gasteiger partial charge in [-0.2, -0.15) is 0 Å². The lowest BCUT2D eigenvalue weighted by Crippen LogP contribution is -2.42. The lowest BCUT2D eigenvalue weighted by molar-refractivity contribution is 0.121. The Kier molecular flexibility index (Phi) is 5.58. The van der Waals surface area contributed by atoms with Gasteiger partial charge in [0.1, 0.15) is 5.82 Å². The van der Waals surface area contributed by atoms with Crippen LogP contribution >= 0.6 is 15.9 Å². The van der Waals surface area contributed by atoms with Gasteiger partial charge in [-0.3, -0.25) is 4.90 Å². The van der Waals surface area contributed by atoms with Gasteiger partial charge in [-0.05, 0) is 50.9 Å². The predicted molar refractivity (Wildman–Crippen MR) is 85.1 cm³/mol. The van der Waals surface area contributed by atoms with Crippen molar-refractivity contribution in [1.29, 1.82) is 0 Å². The summed E-state index contributed by atoms with van der Waals surface area (Å²) in [5.74, 6) is 0.420. The zero-order valence-electron chi connectivity index (χ0n) is 12.3. The van der Waals surface area contributed by atoms with Gasteiger partial charge in [-0.15, -0.1) is 0 Å². The zero-order chi connectivity index (χ0) is 14.7. The highest BCUT2D eigenvalue weighted by molar-refractivity contribution is 9.10. The van der Waals surface area contributed by atoms with Crippen molar-refractivity contribution in [3.63, 3.8) is 0 Å². The van der Waals surface area contributed by atoms with Gasteiger partial charge in [0.15, 0.2) is 0 Å². The van der Waals surface area contributed by atoms with E-state index in [1.165, 1.54) is 19.3 Å². The molecule has 3 unspecified atom stereocenters. The highest BCUT2D eigenvalue weighted by atomic mass is 79.9. The third kappa shape index (κ3) is 3.23. The fourth-order valence-corrected chi connectivity index (χ4v) is 3.88. The predicted octanol–water partition coefficient (Wildman–Crippen LogP) is 4.10. The summed E-state index contributed by atoms with van der Waals surface area (Å²) in [5, 5.41) is 0. The van der Waals surface area contributed by atoms with Crippen LogP contribution < -0.4 is 5.73 Å². The van der Waals surface area contributed by atoms with E-state index in [2.05, 4.69) is 34.7 Å². The first-order valence-corrected chi connectivity index (χ1v) is 8.28. The molecule has 20 heavy (non-hydrogen) atoms. The Morgan fingerprint density at radius 1 is 1.45 bits per heavy atom. The molecule has 0 saturated heterocycles. The average molecular weight is 343 g/mol. The molecule has 1 saturated carbocycles. The molecule has 0 amide bonds. The van der Waals surface area contributed by atoms with Gasteiger partial charge in [0.05, 0.1) is 0 Å². The molecule has 0 aliphatic heterocycles. The Bertz CT molecular complexity index is 452. The number of hydrogen-bond donors (Lipinski definition) is 1. The van der Waals surface area contributed by atoms with E-state index in [1.54, 1.807) is 6.07 Å². The third-order valence-corrected chi connectivity index (χ3v) is 5.12. The minimum Gasteiger partial charge on any atom is -0.330 e. The van der Waals surface area contributed by atoms with Crippen LogP contribution in [0.1, 0.15) is 44.7 Å². The van der Waals surface area contributed by atoms with E-state index in [4.69, 9.17) is 5.73 Å². The SMILES string of the molecule is CCN(C(C)c1ccc(Br)cc1F)C1CCCC1CN. The van der Waals surface area contributed by atoms with Crippen LogP contribution in [0.5, 0.6) is 0 Å². The normalized spacial score (nSPS) is 24.3. The molecule has 0 heterocycles. The lowest BCUT2D eigenvalue weighted by atomic mass is 9.98. The summed E-state index contributed by atoms with van der Waals surface area (Å²) in [6.45, 7) is 5.91. The molecule has 0 aromatic heterocycles. The maximum Gasteiger partial charge on any atom is 0.129 e. The molecular weight excluding hydrogens is 319 g/mol. The Balaban J connectivity index is 2.22. The van der Waals surface area contributed by atoms with E-state index < -0.39 is 0 Å². The summed E-state index contributed by atoms with van der Waals surface area (Å²) >= 11 is 3.32. The third-order valence-electron chi connectivity index (χ3n) is 4.62. The first-order chi connectivity index (χ1) is 9.58. The van der Waals surface area contributed by atoms with Crippen LogP contribution in [0.3, 0.4) is 0 Å². The summed E-state index contributed by atoms with van der Waals surface area (Å²) in [4.78, 5) is 2.41. The molecule has 0 spiro atoms. The highest BCUT2D eigenvalue weighted by Gasteiger charge is 2.33. The average Bonchev–Trinajstić information content (AvgIpc) is 2.87. The summed E-state index contributed by atoms with van der Waals surface area (Å²) < 4.78 is 15.0. The van der Waals surface area contributed by atoms with Gasteiger partial charge in [0.2, 0.25) is 0 Å². The molecule has 1 aromatic rings. The number of nitrogens with two attached hydrogens (primary N) is 1. The fraction of sp³-hybridized carbons (Fsp3) is 0.625. The van der Waals surface area contributed by atoms with Crippen molar-refractivity contribution in [2.45, 2.75) is 45.2 Å². The summed E-state index contributed by atoms with van der Waals surface area (Å²) in [6.07, 6.45) is 3.62. The molecule has 0 bridgehead atoms. The molecule has 4 heteroatoms. The maximum absolute atomic E-state index is 14.2. The lowest BCUT2D eigenvalue weighted by Gasteiger charge is -2.37. The molecule has 1 fully saturated rings. The molecule has 2 nitrogen and oxygen atoms in total. The number of halogens is 2. The molecule has 1 aromatic carbocycles. The Labute approximate surface area is 129 Å². The molecule has 1 aliphatic carbocycles. The van der Waals surface area contributed by atoms with Crippen molar-refractivity contribution in [2.24, 2.45) is 11.7 Å². The number of rotatable bonds is 5. The van der Waals surface area contributed by atoms with Crippen LogP contribution in [-0.2, 0) is 0 Å². The largest absolute Gasteiger partial charge is 0.330 e. The smallest absolute Gasteiger partial charge is 0.129 e. The van der Waals surface area contributed by atoms with E-state index in [1.807, 2.05) is 12.1 Å². The van der Waals surface area contributed by atoms with Gasteiger partial charge in [0.25, 0.3) is 0 Å². The quantitative estimate of drug-likeness (QED) is 0.872. The maximum atomic E-state index is 14.2. The minimum atomic E-state index is -0.132. The van der Waals surface area contributed by atoms with Gasteiger partial charge >= 0.3 is 0 Å². The van der Waals surface area contributed by atoms with Gasteiger partial charge in [-0.1, -0.05) is 35.3 Å². The van der Waals surface area contributed by atoms with E-state index in [0.29, 0.717) is 12.0 Å². The first-order valence-electron chi connectivity index (χ1n) is 7.49. The number of benzene rings is 1. The van der Waals surface area contributed by atoms with Gasteiger partial charge in [0, 0.05) is 22.1 Å². The van der Waals surface area contributed by atoms with E-state index >= 15 is 0 Å². The standard InChI is InChI=1S/C16H24BrFN2/c1-3-20(16-6-4-5-12(16)10-19)11(2)14-8-7-13(17)9-15(14)18/h7-9,11-12,16H,3-6,10,19H2,1-2H3. The van der Waals surface area contributed by atoms with Crippen molar-refractivity contribution >= 4 is 15.9 Å². The number of nitrogens with zero attached hydrogens (tertiary/aromatic N) is 1. The van der Waals surface area contributed by atoms with Gasteiger partial charge < -0.3 is 5.73 Å². The molecule has 3 atom stereocenters. The van der Waals surface area contributed by atoms with Crippen LogP contribution in [0.15, 0.2) is 22.7 Å². The zero-order valence-corrected chi connectivity index (χ0v) is 13.9. The summed E-state index contributed by atoms with van der Waals surface area (Å²) in [7, 11) is 0. The van der Waals surface area contributed by atoms with E-state index in [0.717, 1.165) is 23.1 Å². The Morgan fingerprint density at radius 2 is 2.20 bits per heavy atom. The van der Waals surface area contributed by atoms with E-state index in [-0.39, 0.29) is 11.9 Å². The van der Waals surface area contributed by atoms with Crippen LogP contribution in [-0.4, -0.2) is 24.0 Å². The summed E-state index contributed by atoms with van der Waals surface area (Å²) in [6, 6.07) is 5.93. The molecule has 0 radical (unpaired) electrons. The van der Waals surface area contributed by atoms with Gasteiger partial charge in [-0.25, -0.2) is 4.39 Å². The second kappa shape index (κ2) is 7.01. The van der Waals surface area contributed by atoms with Crippen LogP contribution in [0.2, 0.25) is 0 Å². The monoisotopic (exact) mass is 342 g/mol. The second-order valence-corrected chi connectivity index (χ2v) is 6.58. The van der Waals surface area contributed by atoms with Crippen molar-refractivity contribution in [2.75, 3.05) is 13.1 Å². The van der Waals surface area contributed by atoms with Crippen molar-refractivity contribution in [3.8, 4) is 0 Å². The molecular formula is C16H24BrFN2. The van der Waals surface area contributed by atoms with Crippen molar-refractivity contribution in [1.82, 2.24) is 4.90 Å². The fourth-order valence-electron chi connectivity index (χ4n) is 3.54. The molecule has 112 valence electrons. The second-order valence-electron chi connectivity index (χ2n) is 5.67. The molecule has 2 N–H and O–H groups in total. The molecule has 1 aliphatic rings. The topological polar surface area (TPSA) is 29.3 Å². The van der Waals surface area contributed by atoms with Crippen molar-refractivity contribution < 1.29 is 4.39 Å². The Hall–Kier alpha value is -0.450. The Morgan fingerprint density at radius 3 is 2.80 bits per heavy atom. The first kappa shape index (κ1) is 15.9.